The molecule has 3 rings (SSSR count). The molecule has 1 unspecified atom stereocenters. The largest absolute Gasteiger partial charge is 0.486 e. The standard InChI is InChI=1S/C16H14Cl2O2S/c1-21-11-4-2-10(3-5-11)16(18)12-8-14-15(9-13(12)17)20-7-6-19-14/h2-5,8-9,16H,6-7H2,1H3. The number of thioether (sulfide) groups is 1. The van der Waals surface area contributed by atoms with Crippen LogP contribution < -0.4 is 9.47 Å². The predicted octanol–water partition coefficient (Wildman–Crippen LogP) is 5.16. The zero-order valence-corrected chi connectivity index (χ0v) is 13.8. The van der Waals surface area contributed by atoms with Crippen LogP contribution in [0.25, 0.3) is 0 Å². The lowest BCUT2D eigenvalue weighted by atomic mass is 10.0. The Kier molecular flexibility index (Phi) is 4.53. The van der Waals surface area contributed by atoms with E-state index >= 15 is 0 Å². The van der Waals surface area contributed by atoms with Gasteiger partial charge in [-0.1, -0.05) is 23.7 Å². The fourth-order valence-corrected chi connectivity index (χ4v) is 3.28. The molecule has 2 nitrogen and oxygen atoms in total. The SMILES string of the molecule is CSc1ccc(C(Cl)c2cc3c(cc2Cl)OCCO3)cc1. The van der Waals surface area contributed by atoms with Crippen molar-refractivity contribution in [3.63, 3.8) is 0 Å². The summed E-state index contributed by atoms with van der Waals surface area (Å²) in [6, 6.07) is 11.8. The Bertz CT molecular complexity index is 643. The first-order valence-electron chi connectivity index (χ1n) is 6.56. The van der Waals surface area contributed by atoms with Crippen molar-refractivity contribution < 1.29 is 9.47 Å². The highest BCUT2D eigenvalue weighted by atomic mass is 35.5. The van der Waals surface area contributed by atoms with E-state index in [-0.39, 0.29) is 5.38 Å². The number of ether oxygens (including phenoxy) is 2. The normalized spacial score (nSPS) is 14.8. The van der Waals surface area contributed by atoms with Gasteiger partial charge in [-0.3, -0.25) is 0 Å². The van der Waals surface area contributed by atoms with Gasteiger partial charge in [0.05, 0.1) is 5.38 Å². The second-order valence-electron chi connectivity index (χ2n) is 4.65. The second kappa shape index (κ2) is 6.39. The van der Waals surface area contributed by atoms with Gasteiger partial charge in [0.1, 0.15) is 13.2 Å². The lowest BCUT2D eigenvalue weighted by Gasteiger charge is -2.21. The highest BCUT2D eigenvalue weighted by molar-refractivity contribution is 7.98. The minimum absolute atomic E-state index is 0.316. The molecular formula is C16H14Cl2O2S. The molecule has 0 fully saturated rings. The molecule has 1 aliphatic heterocycles. The molecule has 5 heteroatoms. The molecular weight excluding hydrogens is 327 g/mol. The molecule has 21 heavy (non-hydrogen) atoms. The van der Waals surface area contributed by atoms with E-state index in [0.29, 0.717) is 29.7 Å². The van der Waals surface area contributed by atoms with Crippen molar-refractivity contribution in [1.82, 2.24) is 0 Å². The molecule has 1 aliphatic rings. The molecule has 2 aromatic rings. The van der Waals surface area contributed by atoms with Gasteiger partial charge in [-0.25, -0.2) is 0 Å². The first kappa shape index (κ1) is 14.9. The summed E-state index contributed by atoms with van der Waals surface area (Å²) in [4.78, 5) is 1.20. The molecule has 0 radical (unpaired) electrons. The smallest absolute Gasteiger partial charge is 0.162 e. The molecule has 0 amide bonds. The third kappa shape index (κ3) is 3.10. The van der Waals surface area contributed by atoms with Gasteiger partial charge in [-0.05, 0) is 35.6 Å². The van der Waals surface area contributed by atoms with E-state index in [9.17, 15) is 0 Å². The molecule has 0 saturated heterocycles. The minimum atomic E-state index is -0.316. The average molecular weight is 341 g/mol. The quantitative estimate of drug-likeness (QED) is 0.567. The van der Waals surface area contributed by atoms with Crippen molar-refractivity contribution in [2.45, 2.75) is 10.3 Å². The van der Waals surface area contributed by atoms with Crippen molar-refractivity contribution in [2.24, 2.45) is 0 Å². The van der Waals surface area contributed by atoms with Crippen LogP contribution in [0.5, 0.6) is 11.5 Å². The Morgan fingerprint density at radius 1 is 1.05 bits per heavy atom. The molecule has 0 bridgehead atoms. The summed E-state index contributed by atoms with van der Waals surface area (Å²) in [6.07, 6.45) is 2.05. The van der Waals surface area contributed by atoms with Crippen LogP contribution in [-0.2, 0) is 0 Å². The molecule has 110 valence electrons. The molecule has 0 aromatic heterocycles. The maximum Gasteiger partial charge on any atom is 0.162 e. The number of benzene rings is 2. The van der Waals surface area contributed by atoms with E-state index in [1.807, 2.05) is 24.5 Å². The van der Waals surface area contributed by atoms with Crippen LogP contribution >= 0.6 is 35.0 Å². The first-order chi connectivity index (χ1) is 10.2. The average Bonchev–Trinajstić information content (AvgIpc) is 2.53. The van der Waals surface area contributed by atoms with Crippen LogP contribution in [0.3, 0.4) is 0 Å². The molecule has 0 aliphatic carbocycles. The van der Waals surface area contributed by atoms with Gasteiger partial charge in [0.2, 0.25) is 0 Å². The van der Waals surface area contributed by atoms with Gasteiger partial charge in [-0.15, -0.1) is 23.4 Å². The predicted molar refractivity (Wildman–Crippen MR) is 88.4 cm³/mol. The second-order valence-corrected chi connectivity index (χ2v) is 6.38. The van der Waals surface area contributed by atoms with Crippen molar-refractivity contribution >= 4 is 35.0 Å². The molecule has 0 saturated carbocycles. The van der Waals surface area contributed by atoms with E-state index in [4.69, 9.17) is 32.7 Å². The highest BCUT2D eigenvalue weighted by Gasteiger charge is 2.20. The van der Waals surface area contributed by atoms with Crippen LogP contribution in [-0.4, -0.2) is 19.5 Å². The van der Waals surface area contributed by atoms with Crippen molar-refractivity contribution in [1.29, 1.82) is 0 Å². The molecule has 2 aromatic carbocycles. The monoisotopic (exact) mass is 340 g/mol. The van der Waals surface area contributed by atoms with E-state index in [1.165, 1.54) is 4.90 Å². The fourth-order valence-electron chi connectivity index (χ4n) is 2.23. The van der Waals surface area contributed by atoms with Crippen molar-refractivity contribution in [3.8, 4) is 11.5 Å². The van der Waals surface area contributed by atoms with Gasteiger partial charge in [0, 0.05) is 16.0 Å². The van der Waals surface area contributed by atoms with Crippen molar-refractivity contribution in [3.05, 3.63) is 52.5 Å². The Balaban J connectivity index is 1.94. The summed E-state index contributed by atoms with van der Waals surface area (Å²) in [5, 5.41) is 0.275. The summed E-state index contributed by atoms with van der Waals surface area (Å²) < 4.78 is 11.1. The molecule has 1 heterocycles. The number of rotatable bonds is 3. The van der Waals surface area contributed by atoms with Crippen LogP contribution in [0.2, 0.25) is 5.02 Å². The molecule has 1 atom stereocenters. The van der Waals surface area contributed by atoms with Gasteiger partial charge < -0.3 is 9.47 Å². The minimum Gasteiger partial charge on any atom is -0.486 e. The molecule has 0 spiro atoms. The van der Waals surface area contributed by atoms with E-state index in [1.54, 1.807) is 17.8 Å². The number of halogens is 2. The third-order valence-corrected chi connectivity index (χ3v) is 4.90. The number of hydrogen-bond donors (Lipinski definition) is 0. The van der Waals surface area contributed by atoms with Crippen LogP contribution in [0.1, 0.15) is 16.5 Å². The van der Waals surface area contributed by atoms with Crippen LogP contribution in [0.15, 0.2) is 41.3 Å². The molecule has 0 N–H and O–H groups in total. The Labute approximate surface area is 138 Å². The lowest BCUT2D eigenvalue weighted by molar-refractivity contribution is 0.171. The first-order valence-corrected chi connectivity index (χ1v) is 8.60. The van der Waals surface area contributed by atoms with E-state index in [2.05, 4.69) is 12.1 Å². The van der Waals surface area contributed by atoms with Gasteiger partial charge >= 0.3 is 0 Å². The zero-order valence-electron chi connectivity index (χ0n) is 11.4. The third-order valence-electron chi connectivity index (χ3n) is 3.34. The van der Waals surface area contributed by atoms with E-state index < -0.39 is 0 Å². The van der Waals surface area contributed by atoms with Crippen LogP contribution in [0.4, 0.5) is 0 Å². The van der Waals surface area contributed by atoms with Crippen molar-refractivity contribution in [2.75, 3.05) is 19.5 Å². The number of alkyl halides is 1. The van der Waals surface area contributed by atoms with Gasteiger partial charge in [0.15, 0.2) is 11.5 Å². The van der Waals surface area contributed by atoms with E-state index in [0.717, 1.165) is 11.1 Å². The highest BCUT2D eigenvalue weighted by Crippen LogP contribution is 2.41. The summed E-state index contributed by atoms with van der Waals surface area (Å²) in [5.41, 5.74) is 1.84. The Morgan fingerprint density at radius 2 is 1.67 bits per heavy atom. The van der Waals surface area contributed by atoms with Gasteiger partial charge in [-0.2, -0.15) is 0 Å². The Morgan fingerprint density at radius 3 is 2.29 bits per heavy atom. The number of hydrogen-bond acceptors (Lipinski definition) is 3. The fraction of sp³-hybridized carbons (Fsp3) is 0.250. The summed E-state index contributed by atoms with van der Waals surface area (Å²) >= 11 is 14.6. The van der Waals surface area contributed by atoms with Crippen LogP contribution in [0, 0.1) is 0 Å². The zero-order chi connectivity index (χ0) is 14.8. The number of fused-ring (bicyclic) bond motifs is 1. The summed E-state index contributed by atoms with van der Waals surface area (Å²) in [6.45, 7) is 1.09. The maximum absolute atomic E-state index is 6.59. The maximum atomic E-state index is 6.59. The Hall–Kier alpha value is -1.03. The topological polar surface area (TPSA) is 18.5 Å². The summed E-state index contributed by atoms with van der Waals surface area (Å²) in [7, 11) is 0. The summed E-state index contributed by atoms with van der Waals surface area (Å²) in [5.74, 6) is 1.38. The van der Waals surface area contributed by atoms with Gasteiger partial charge in [0.25, 0.3) is 0 Å². The lowest BCUT2D eigenvalue weighted by Crippen LogP contribution is -2.15.